The SMILES string of the molecule is CN=C(NCc1cc(OC)ccc1OC(F)F)NCC(C)C(=O)OC.I. The molecule has 0 aliphatic rings. The van der Waals surface area contributed by atoms with Crippen molar-refractivity contribution in [2.75, 3.05) is 27.8 Å². The number of carbonyl (C=O) groups is 1. The van der Waals surface area contributed by atoms with Gasteiger partial charge in [0.25, 0.3) is 0 Å². The Bertz CT molecular complexity index is 603. The average Bonchev–Trinajstić information content (AvgIpc) is 2.61. The van der Waals surface area contributed by atoms with E-state index in [4.69, 9.17) is 4.74 Å². The molecule has 26 heavy (non-hydrogen) atoms. The smallest absolute Gasteiger partial charge is 0.387 e. The third-order valence-electron chi connectivity index (χ3n) is 3.33. The van der Waals surface area contributed by atoms with Gasteiger partial charge in [-0.2, -0.15) is 8.78 Å². The monoisotopic (exact) mass is 487 g/mol. The van der Waals surface area contributed by atoms with Crippen molar-refractivity contribution in [3.63, 3.8) is 0 Å². The maximum Gasteiger partial charge on any atom is 0.387 e. The van der Waals surface area contributed by atoms with Crippen molar-refractivity contribution in [1.29, 1.82) is 0 Å². The molecule has 0 saturated heterocycles. The maximum absolute atomic E-state index is 12.5. The van der Waals surface area contributed by atoms with Crippen LogP contribution in [-0.4, -0.2) is 46.4 Å². The summed E-state index contributed by atoms with van der Waals surface area (Å²) in [6.07, 6.45) is 0. The number of hydrogen-bond acceptors (Lipinski definition) is 5. The summed E-state index contributed by atoms with van der Waals surface area (Å²) >= 11 is 0. The maximum atomic E-state index is 12.5. The van der Waals surface area contributed by atoms with Gasteiger partial charge in [-0.25, -0.2) is 0 Å². The molecule has 0 aliphatic carbocycles. The highest BCUT2D eigenvalue weighted by atomic mass is 127. The summed E-state index contributed by atoms with van der Waals surface area (Å²) < 4.78 is 39.3. The lowest BCUT2D eigenvalue weighted by atomic mass is 10.2. The van der Waals surface area contributed by atoms with Crippen LogP contribution < -0.4 is 20.1 Å². The first kappa shape index (κ1) is 24.1. The molecule has 0 amide bonds. The van der Waals surface area contributed by atoms with Crippen LogP contribution in [0.15, 0.2) is 23.2 Å². The highest BCUT2D eigenvalue weighted by Crippen LogP contribution is 2.25. The fourth-order valence-electron chi connectivity index (χ4n) is 1.97. The number of aliphatic imine (C=N–C) groups is 1. The fraction of sp³-hybridized carbons (Fsp3) is 0.500. The second kappa shape index (κ2) is 12.5. The van der Waals surface area contributed by atoms with Gasteiger partial charge in [0.1, 0.15) is 11.5 Å². The molecule has 0 radical (unpaired) electrons. The van der Waals surface area contributed by atoms with Crippen LogP contribution in [0.1, 0.15) is 12.5 Å². The zero-order valence-electron chi connectivity index (χ0n) is 15.0. The van der Waals surface area contributed by atoms with Gasteiger partial charge in [-0.15, -0.1) is 24.0 Å². The van der Waals surface area contributed by atoms with Gasteiger partial charge in [0.05, 0.1) is 20.1 Å². The predicted molar refractivity (Wildman–Crippen MR) is 104 cm³/mol. The molecule has 1 aromatic carbocycles. The van der Waals surface area contributed by atoms with E-state index in [1.54, 1.807) is 20.0 Å². The summed E-state index contributed by atoms with van der Waals surface area (Å²) in [7, 11) is 4.36. The quantitative estimate of drug-likeness (QED) is 0.254. The number of rotatable bonds is 8. The minimum Gasteiger partial charge on any atom is -0.497 e. The van der Waals surface area contributed by atoms with Crippen LogP contribution in [-0.2, 0) is 16.1 Å². The molecular formula is C16H24F2IN3O4. The Morgan fingerprint density at radius 2 is 1.96 bits per heavy atom. The zero-order chi connectivity index (χ0) is 18.8. The summed E-state index contributed by atoms with van der Waals surface area (Å²) in [4.78, 5) is 15.4. The molecule has 0 spiro atoms. The molecule has 1 rings (SSSR count). The second-order valence-electron chi connectivity index (χ2n) is 5.08. The van der Waals surface area contributed by atoms with E-state index in [0.717, 1.165) is 0 Å². The van der Waals surface area contributed by atoms with Crippen molar-refractivity contribution >= 4 is 35.9 Å². The minimum absolute atomic E-state index is 0. The lowest BCUT2D eigenvalue weighted by Gasteiger charge is -2.16. The first-order valence-electron chi connectivity index (χ1n) is 7.55. The van der Waals surface area contributed by atoms with Gasteiger partial charge in [0.15, 0.2) is 5.96 Å². The van der Waals surface area contributed by atoms with Crippen molar-refractivity contribution in [1.82, 2.24) is 10.6 Å². The fourth-order valence-corrected chi connectivity index (χ4v) is 1.97. The van der Waals surface area contributed by atoms with Gasteiger partial charge >= 0.3 is 12.6 Å². The minimum atomic E-state index is -2.93. The van der Waals surface area contributed by atoms with E-state index in [1.807, 2.05) is 0 Å². The molecule has 1 atom stereocenters. The van der Waals surface area contributed by atoms with Crippen molar-refractivity contribution in [3.05, 3.63) is 23.8 Å². The van der Waals surface area contributed by atoms with Gasteiger partial charge < -0.3 is 24.8 Å². The summed E-state index contributed by atoms with van der Waals surface area (Å²) in [5, 5.41) is 5.93. The largest absolute Gasteiger partial charge is 0.497 e. The number of nitrogens with one attached hydrogen (secondary N) is 2. The zero-order valence-corrected chi connectivity index (χ0v) is 17.4. The van der Waals surface area contributed by atoms with Crippen LogP contribution in [0.2, 0.25) is 0 Å². The van der Waals surface area contributed by atoms with Crippen LogP contribution in [0.25, 0.3) is 0 Å². The van der Waals surface area contributed by atoms with Gasteiger partial charge in [0.2, 0.25) is 0 Å². The number of ether oxygens (including phenoxy) is 3. The predicted octanol–water partition coefficient (Wildman–Crippen LogP) is 2.39. The number of guanidine groups is 1. The van der Waals surface area contributed by atoms with E-state index < -0.39 is 6.61 Å². The molecule has 10 heteroatoms. The summed E-state index contributed by atoms with van der Waals surface area (Å²) in [5.74, 6) is 0.255. The first-order valence-corrected chi connectivity index (χ1v) is 7.55. The number of carbonyl (C=O) groups excluding carboxylic acids is 1. The Morgan fingerprint density at radius 1 is 1.27 bits per heavy atom. The van der Waals surface area contributed by atoms with Crippen LogP contribution in [0, 0.1) is 5.92 Å². The number of nitrogens with zero attached hydrogens (tertiary/aromatic N) is 1. The molecule has 0 bridgehead atoms. The highest BCUT2D eigenvalue weighted by Gasteiger charge is 2.14. The summed E-state index contributed by atoms with van der Waals surface area (Å²) in [5.41, 5.74) is 0.476. The Kier molecular flexibility index (Phi) is 11.6. The molecule has 148 valence electrons. The topological polar surface area (TPSA) is 81.2 Å². The lowest BCUT2D eigenvalue weighted by molar-refractivity contribution is -0.144. The summed E-state index contributed by atoms with van der Waals surface area (Å²) in [6.45, 7) is -0.732. The van der Waals surface area contributed by atoms with Crippen LogP contribution >= 0.6 is 24.0 Å². The molecule has 0 fully saturated rings. The Hall–Kier alpha value is -1.85. The van der Waals surface area contributed by atoms with Crippen LogP contribution in [0.3, 0.4) is 0 Å². The molecule has 2 N–H and O–H groups in total. The van der Waals surface area contributed by atoms with Crippen LogP contribution in [0.5, 0.6) is 11.5 Å². The van der Waals surface area contributed by atoms with E-state index in [1.165, 1.54) is 26.4 Å². The van der Waals surface area contributed by atoms with Crippen molar-refractivity contribution < 1.29 is 27.8 Å². The van der Waals surface area contributed by atoms with E-state index in [-0.39, 0.29) is 48.2 Å². The third kappa shape index (κ3) is 8.02. The molecule has 0 aromatic heterocycles. The second-order valence-corrected chi connectivity index (χ2v) is 5.08. The van der Waals surface area contributed by atoms with Crippen molar-refractivity contribution in [2.45, 2.75) is 20.1 Å². The number of esters is 1. The molecule has 0 heterocycles. The Morgan fingerprint density at radius 3 is 2.50 bits per heavy atom. The van der Waals surface area contributed by atoms with Crippen molar-refractivity contribution in [3.8, 4) is 11.5 Å². The summed E-state index contributed by atoms with van der Waals surface area (Å²) in [6, 6.07) is 4.54. The van der Waals surface area contributed by atoms with E-state index in [2.05, 4.69) is 25.1 Å². The number of hydrogen-bond donors (Lipinski definition) is 2. The van der Waals surface area contributed by atoms with Gasteiger partial charge in [0, 0.05) is 25.7 Å². The van der Waals surface area contributed by atoms with Crippen LogP contribution in [0.4, 0.5) is 8.78 Å². The first-order chi connectivity index (χ1) is 11.9. The number of methoxy groups -OCH3 is 2. The Labute approximate surface area is 168 Å². The van der Waals surface area contributed by atoms with E-state index in [9.17, 15) is 13.6 Å². The highest BCUT2D eigenvalue weighted by molar-refractivity contribution is 14.0. The molecule has 7 nitrogen and oxygen atoms in total. The number of halogens is 3. The van der Waals surface area contributed by atoms with E-state index in [0.29, 0.717) is 23.8 Å². The molecule has 1 unspecified atom stereocenters. The van der Waals surface area contributed by atoms with Gasteiger partial charge in [-0.05, 0) is 18.2 Å². The number of alkyl halides is 2. The Balaban J connectivity index is 0.00000625. The average molecular weight is 487 g/mol. The third-order valence-corrected chi connectivity index (χ3v) is 3.33. The molecule has 0 saturated carbocycles. The molecule has 0 aliphatic heterocycles. The molecule has 1 aromatic rings. The normalized spacial score (nSPS) is 12.0. The molecular weight excluding hydrogens is 463 g/mol. The van der Waals surface area contributed by atoms with Crippen molar-refractivity contribution in [2.24, 2.45) is 10.9 Å². The number of benzene rings is 1. The van der Waals surface area contributed by atoms with E-state index >= 15 is 0 Å². The standard InChI is InChI=1S/C16H23F2N3O4.HI/c1-10(14(22)24-4)8-20-16(19-2)21-9-11-7-12(23-3)5-6-13(11)25-15(17)18;/h5-7,10,15H,8-9H2,1-4H3,(H2,19,20,21);1H. The lowest BCUT2D eigenvalue weighted by Crippen LogP contribution is -2.40. The van der Waals surface area contributed by atoms with Gasteiger partial charge in [-0.1, -0.05) is 6.92 Å². The van der Waals surface area contributed by atoms with Gasteiger partial charge in [-0.3, -0.25) is 9.79 Å².